The number of benzene rings is 4. The number of fused-ring (bicyclic) bond motifs is 2. The van der Waals surface area contributed by atoms with E-state index in [1.165, 1.54) is 22.3 Å². The maximum absolute atomic E-state index is 11.5. The van der Waals surface area contributed by atoms with Crippen molar-refractivity contribution in [2.45, 2.75) is 114 Å². The fourth-order valence-corrected chi connectivity index (χ4v) is 10.2. The molecule has 4 aromatic rings. The zero-order chi connectivity index (χ0) is 43.6. The van der Waals surface area contributed by atoms with Crippen molar-refractivity contribution in [1.82, 2.24) is 20.4 Å². The number of aromatic hydroxyl groups is 1. The van der Waals surface area contributed by atoms with Gasteiger partial charge in [0.2, 0.25) is 18.2 Å². The van der Waals surface area contributed by atoms with Crippen molar-refractivity contribution in [2.24, 2.45) is 5.92 Å². The van der Waals surface area contributed by atoms with Crippen LogP contribution in [0.3, 0.4) is 0 Å². The van der Waals surface area contributed by atoms with Crippen LogP contribution < -0.4 is 15.4 Å². The van der Waals surface area contributed by atoms with Crippen LogP contribution >= 0.6 is 0 Å². The number of piperidine rings is 1. The second-order valence-electron chi connectivity index (χ2n) is 17.7. The summed E-state index contributed by atoms with van der Waals surface area (Å²) in [5, 5.41) is 15.3. The number of amides is 3. The van der Waals surface area contributed by atoms with Gasteiger partial charge in [-0.25, -0.2) is 0 Å². The van der Waals surface area contributed by atoms with Crippen LogP contribution in [-0.4, -0.2) is 84.5 Å². The molecule has 0 radical (unpaired) electrons. The fraction of sp³-hybridized carbons (Fsp3) is 0.431. The van der Waals surface area contributed by atoms with Crippen LogP contribution in [-0.2, 0) is 33.9 Å². The molecule has 0 aromatic heterocycles. The van der Waals surface area contributed by atoms with Gasteiger partial charge in [0.1, 0.15) is 11.5 Å². The molecule has 62 heavy (non-hydrogen) atoms. The summed E-state index contributed by atoms with van der Waals surface area (Å²) in [5.41, 5.74) is 8.39. The van der Waals surface area contributed by atoms with Gasteiger partial charge in [0.25, 0.3) is 0 Å². The molecule has 0 spiro atoms. The van der Waals surface area contributed by atoms with E-state index in [9.17, 15) is 29.1 Å². The monoisotopic (exact) mass is 840 g/mol. The largest absolute Gasteiger partial charge is 0.508 e. The molecule has 1 saturated heterocycles. The van der Waals surface area contributed by atoms with E-state index < -0.39 is 0 Å². The normalized spacial score (nSPS) is 22.6. The number of phenolic OH excluding ortho intramolecular Hbond substituents is 1. The van der Waals surface area contributed by atoms with Gasteiger partial charge in [-0.3, -0.25) is 39.1 Å². The molecule has 4 atom stereocenters. The molecule has 4 unspecified atom stereocenters. The minimum atomic E-state index is -0.175. The lowest BCUT2D eigenvalue weighted by Gasteiger charge is -2.36. The van der Waals surface area contributed by atoms with E-state index in [0.29, 0.717) is 54.1 Å². The van der Waals surface area contributed by atoms with E-state index in [1.807, 2.05) is 43.3 Å². The highest BCUT2D eigenvalue weighted by molar-refractivity contribution is 6.00. The minimum Gasteiger partial charge on any atom is -0.508 e. The van der Waals surface area contributed by atoms with Gasteiger partial charge in [-0.2, -0.15) is 0 Å². The molecule has 2 aliphatic heterocycles. The Balaban J connectivity index is 0.000000459. The second-order valence-corrected chi connectivity index (χ2v) is 17.7. The lowest BCUT2D eigenvalue weighted by molar-refractivity contribution is -0.136. The smallest absolute Gasteiger partial charge is 0.243 e. The summed E-state index contributed by atoms with van der Waals surface area (Å²) >= 11 is 0. The van der Waals surface area contributed by atoms with Crippen molar-refractivity contribution < 1.29 is 33.8 Å². The van der Waals surface area contributed by atoms with Crippen molar-refractivity contribution in [3.05, 3.63) is 129 Å². The number of phenols is 1. The molecule has 3 amide bonds. The molecule has 0 bridgehead atoms. The number of hydrogen-bond donors (Lipinski definition) is 3. The highest BCUT2D eigenvalue weighted by Crippen LogP contribution is 2.47. The summed E-state index contributed by atoms with van der Waals surface area (Å²) in [5.74, 6) is 1.97. The van der Waals surface area contributed by atoms with Gasteiger partial charge in [0, 0.05) is 49.1 Å². The maximum Gasteiger partial charge on any atom is 0.243 e. The molecule has 2 fully saturated rings. The first-order chi connectivity index (χ1) is 30.1. The summed E-state index contributed by atoms with van der Waals surface area (Å²) in [6.07, 6.45) is 12.7. The van der Waals surface area contributed by atoms with E-state index in [2.05, 4.69) is 76.2 Å². The Labute approximate surface area is 365 Å². The van der Waals surface area contributed by atoms with Crippen LogP contribution in [0.4, 0.5) is 0 Å². The van der Waals surface area contributed by atoms with Crippen molar-refractivity contribution in [1.29, 1.82) is 0 Å². The highest BCUT2D eigenvalue weighted by Gasteiger charge is 2.34. The first kappa shape index (κ1) is 44.4. The van der Waals surface area contributed by atoms with Gasteiger partial charge >= 0.3 is 0 Å². The van der Waals surface area contributed by atoms with Crippen LogP contribution in [0.1, 0.15) is 130 Å². The van der Waals surface area contributed by atoms with Crippen LogP contribution in [0.15, 0.2) is 84.9 Å². The Hall–Kier alpha value is -5.65. The number of nitrogens with zero attached hydrogens (tertiary/aromatic N) is 2. The van der Waals surface area contributed by atoms with Crippen LogP contribution in [0.25, 0.3) is 0 Å². The zero-order valence-electron chi connectivity index (χ0n) is 36.0. The van der Waals surface area contributed by atoms with Gasteiger partial charge in [-0.05, 0) is 160 Å². The molecule has 326 valence electrons. The molecule has 11 heteroatoms. The molecule has 11 nitrogen and oxygen atoms in total. The Morgan fingerprint density at radius 2 is 1.50 bits per heavy atom. The predicted octanol–water partition coefficient (Wildman–Crippen LogP) is 7.47. The summed E-state index contributed by atoms with van der Waals surface area (Å²) in [6.45, 7) is 2.30. The molecule has 2 aliphatic carbocycles. The van der Waals surface area contributed by atoms with Gasteiger partial charge in [0.15, 0.2) is 12.6 Å². The predicted molar refractivity (Wildman–Crippen MR) is 238 cm³/mol. The molecule has 1 saturated carbocycles. The zero-order valence-corrected chi connectivity index (χ0v) is 36.0. The first-order valence-corrected chi connectivity index (χ1v) is 22.2. The summed E-state index contributed by atoms with van der Waals surface area (Å²) in [4.78, 5) is 60.0. The number of carbonyl (C=O) groups is 5. The summed E-state index contributed by atoms with van der Waals surface area (Å²) in [6, 6.07) is 29.5. The van der Waals surface area contributed by atoms with E-state index in [-0.39, 0.29) is 29.9 Å². The topological polar surface area (TPSA) is 145 Å². The summed E-state index contributed by atoms with van der Waals surface area (Å²) < 4.78 is 6.73. The van der Waals surface area contributed by atoms with Crippen molar-refractivity contribution in [2.75, 3.05) is 20.6 Å². The number of ether oxygens (including phenoxy) is 1. The van der Waals surface area contributed by atoms with Crippen LogP contribution in [0.5, 0.6) is 11.5 Å². The molecule has 4 aromatic carbocycles. The quantitative estimate of drug-likeness (QED) is 0.0631. The van der Waals surface area contributed by atoms with Crippen molar-refractivity contribution in [3.8, 4) is 11.5 Å². The van der Waals surface area contributed by atoms with Gasteiger partial charge in [-0.1, -0.05) is 48.5 Å². The fourth-order valence-electron chi connectivity index (χ4n) is 10.2. The average molecular weight is 841 g/mol. The molecule has 4 aliphatic rings. The molecular formula is C51H60N4O7. The number of imide groups is 1. The highest BCUT2D eigenvalue weighted by atomic mass is 16.5. The second kappa shape index (κ2) is 20.9. The van der Waals surface area contributed by atoms with Crippen LogP contribution in [0.2, 0.25) is 0 Å². The number of likely N-dealkylation sites (N-methyl/N-ethyl adjacent to an activating group) is 1. The SMILES string of the molecule is CN(C)C1CCC(=O)NC1=O.O=CNCCCC(CC1CCC(N2Cc3cc(C=O)c(C=O)cc3C2)CC1)Oc1ccc(C2c3ccc(O)cc3CCC2c2ccccc2)cc1. The van der Waals surface area contributed by atoms with Gasteiger partial charge in [-0.15, -0.1) is 0 Å². The number of hydrogen-bond acceptors (Lipinski definition) is 9. The third kappa shape index (κ3) is 10.9. The molecular weight excluding hydrogens is 781 g/mol. The van der Waals surface area contributed by atoms with E-state index in [0.717, 1.165) is 107 Å². The Kier molecular flexibility index (Phi) is 15.0. The van der Waals surface area contributed by atoms with Gasteiger partial charge in [0.05, 0.1) is 12.1 Å². The average Bonchev–Trinajstić information content (AvgIpc) is 3.71. The first-order valence-electron chi connectivity index (χ1n) is 22.2. The van der Waals surface area contributed by atoms with Crippen LogP contribution in [0, 0.1) is 5.92 Å². The molecule has 2 heterocycles. The minimum absolute atomic E-state index is 0.0564. The summed E-state index contributed by atoms with van der Waals surface area (Å²) in [7, 11) is 3.67. The lowest BCUT2D eigenvalue weighted by atomic mass is 9.69. The number of aryl methyl sites for hydroxylation is 1. The number of rotatable bonds is 15. The standard InChI is InChI=1S/C44H48N2O5.C7H12N2O2/c47-27-36-22-34-25-46(26-35(34)23-37(36)28-48)38-13-8-30(9-14-38)21-41(7-4-20-45-29-49)51-40-16-10-32(11-17-40)44-42(31-5-2-1-3-6-31)18-12-33-24-39(50)15-19-43(33)44;1-9(2)5-3-4-6(10)8-7(5)11/h1-3,5-6,10-11,15-17,19,22-24,27-30,38,41-42,44,50H,4,7-9,12-14,18,20-21,25-26H2,(H,45,49);5H,3-4H2,1-2H3,(H,8,10,11). The Bertz CT molecular complexity index is 2150. The number of carbonyl (C=O) groups excluding carboxylic acids is 5. The third-order valence-corrected chi connectivity index (χ3v) is 13.5. The maximum atomic E-state index is 11.5. The molecule has 8 rings (SSSR count). The molecule has 3 N–H and O–H groups in total. The number of nitrogens with one attached hydrogen (secondary N) is 2. The lowest BCUT2D eigenvalue weighted by Crippen LogP contribution is -2.50. The van der Waals surface area contributed by atoms with Crippen molar-refractivity contribution in [3.63, 3.8) is 0 Å². The van der Waals surface area contributed by atoms with Gasteiger partial charge < -0.3 is 15.2 Å². The van der Waals surface area contributed by atoms with E-state index in [1.54, 1.807) is 0 Å². The van der Waals surface area contributed by atoms with E-state index in [4.69, 9.17) is 4.74 Å². The number of aldehydes is 2. The Morgan fingerprint density at radius 1 is 0.806 bits per heavy atom. The van der Waals surface area contributed by atoms with Crippen molar-refractivity contribution >= 4 is 30.8 Å². The van der Waals surface area contributed by atoms with E-state index >= 15 is 0 Å². The Morgan fingerprint density at radius 3 is 2.13 bits per heavy atom. The third-order valence-electron chi connectivity index (χ3n) is 13.5.